The van der Waals surface area contributed by atoms with E-state index in [0.717, 1.165) is 37.4 Å². The Hall–Kier alpha value is -2.90. The van der Waals surface area contributed by atoms with E-state index < -0.39 is 0 Å². The highest BCUT2D eigenvalue weighted by Crippen LogP contribution is 2.30. The van der Waals surface area contributed by atoms with Crippen LogP contribution in [0.4, 0.5) is 16.5 Å². The molecule has 6 nitrogen and oxygen atoms in total. The number of nitrogens with two attached hydrogens (primary N) is 1. The Kier molecular flexibility index (Phi) is 5.27. The van der Waals surface area contributed by atoms with Gasteiger partial charge in [0.25, 0.3) is 5.91 Å². The van der Waals surface area contributed by atoms with E-state index in [1.165, 1.54) is 17.0 Å². The van der Waals surface area contributed by atoms with Crippen LogP contribution in [0.1, 0.15) is 9.67 Å². The van der Waals surface area contributed by atoms with Crippen LogP contribution in [0.5, 0.6) is 0 Å². The summed E-state index contributed by atoms with van der Waals surface area (Å²) in [6.07, 6.45) is 0. The van der Waals surface area contributed by atoms with Gasteiger partial charge in [-0.15, -0.1) is 0 Å². The Labute approximate surface area is 168 Å². The zero-order valence-electron chi connectivity index (χ0n) is 15.8. The molecule has 1 aliphatic heterocycles. The molecule has 0 spiro atoms. The average Bonchev–Trinajstić information content (AvgIpc) is 3.12. The van der Waals surface area contributed by atoms with Crippen molar-refractivity contribution < 1.29 is 4.79 Å². The van der Waals surface area contributed by atoms with Crippen molar-refractivity contribution in [1.29, 1.82) is 0 Å². The van der Waals surface area contributed by atoms with Crippen molar-refractivity contribution in [3.63, 3.8) is 0 Å². The maximum Gasteiger partial charge on any atom is 0.268 e. The lowest BCUT2D eigenvalue weighted by molar-refractivity contribution is 0.103. The molecular formula is C21H23N5OS. The van der Waals surface area contributed by atoms with Crippen molar-refractivity contribution >= 4 is 33.8 Å². The number of aromatic nitrogens is 1. The molecule has 1 fully saturated rings. The van der Waals surface area contributed by atoms with Gasteiger partial charge < -0.3 is 20.9 Å². The zero-order chi connectivity index (χ0) is 19.5. The fourth-order valence-electron chi connectivity index (χ4n) is 3.29. The first-order valence-corrected chi connectivity index (χ1v) is 10.1. The highest BCUT2D eigenvalue weighted by molar-refractivity contribution is 7.17. The maximum absolute atomic E-state index is 12.8. The summed E-state index contributed by atoms with van der Waals surface area (Å²) in [5.74, 6) is -0.194. The van der Waals surface area contributed by atoms with E-state index in [1.807, 2.05) is 42.5 Å². The van der Waals surface area contributed by atoms with Crippen LogP contribution in [0.15, 0.2) is 54.6 Å². The van der Waals surface area contributed by atoms with Crippen molar-refractivity contribution in [2.75, 3.05) is 49.2 Å². The van der Waals surface area contributed by atoms with Crippen molar-refractivity contribution in [2.45, 2.75) is 0 Å². The third kappa shape index (κ3) is 4.00. The summed E-state index contributed by atoms with van der Waals surface area (Å²) in [4.78, 5) is 22.4. The number of hydrogen-bond acceptors (Lipinski definition) is 6. The fourth-order valence-corrected chi connectivity index (χ4v) is 4.04. The summed E-state index contributed by atoms with van der Waals surface area (Å²) in [6.45, 7) is 4.16. The Morgan fingerprint density at radius 1 is 1.04 bits per heavy atom. The second kappa shape index (κ2) is 8.00. The van der Waals surface area contributed by atoms with Crippen LogP contribution >= 0.6 is 11.3 Å². The normalized spacial score (nSPS) is 14.8. The summed E-state index contributed by atoms with van der Waals surface area (Å²) < 4.78 is 0. The second-order valence-electron chi connectivity index (χ2n) is 6.89. The molecule has 2 aromatic carbocycles. The zero-order valence-corrected chi connectivity index (χ0v) is 16.6. The number of nitrogens with zero attached hydrogens (tertiary/aromatic N) is 3. The van der Waals surface area contributed by atoms with E-state index >= 15 is 0 Å². The number of rotatable bonds is 4. The first kappa shape index (κ1) is 18.5. The smallest absolute Gasteiger partial charge is 0.268 e. The second-order valence-corrected chi connectivity index (χ2v) is 7.92. The van der Waals surface area contributed by atoms with Gasteiger partial charge in [0.1, 0.15) is 4.88 Å². The molecule has 0 aliphatic carbocycles. The van der Waals surface area contributed by atoms with Gasteiger partial charge in [0.15, 0.2) is 5.13 Å². The van der Waals surface area contributed by atoms with Crippen molar-refractivity contribution in [1.82, 2.24) is 9.88 Å². The van der Waals surface area contributed by atoms with Gasteiger partial charge in [-0.2, -0.15) is 0 Å². The molecule has 1 amide bonds. The third-order valence-corrected chi connectivity index (χ3v) is 5.77. The molecule has 0 bridgehead atoms. The quantitative estimate of drug-likeness (QED) is 0.711. The van der Waals surface area contributed by atoms with Crippen LogP contribution in [-0.2, 0) is 0 Å². The van der Waals surface area contributed by atoms with Crippen LogP contribution in [0.2, 0.25) is 0 Å². The molecule has 7 heteroatoms. The van der Waals surface area contributed by atoms with E-state index in [1.54, 1.807) is 0 Å². The largest absolute Gasteiger partial charge is 0.375 e. The van der Waals surface area contributed by atoms with E-state index in [2.05, 4.69) is 39.3 Å². The summed E-state index contributed by atoms with van der Waals surface area (Å²) >= 11 is 1.20. The number of piperazine rings is 1. The summed E-state index contributed by atoms with van der Waals surface area (Å²) in [5, 5.41) is 3.35. The lowest BCUT2D eigenvalue weighted by Gasteiger charge is -2.34. The van der Waals surface area contributed by atoms with Crippen LogP contribution < -0.4 is 16.0 Å². The van der Waals surface area contributed by atoms with Gasteiger partial charge in [0, 0.05) is 43.1 Å². The number of thiazole rings is 1. The molecule has 1 aliphatic rings. The van der Waals surface area contributed by atoms with Crippen molar-refractivity contribution in [3.05, 3.63) is 59.5 Å². The molecule has 3 aromatic rings. The van der Waals surface area contributed by atoms with Crippen molar-refractivity contribution in [3.8, 4) is 11.3 Å². The molecule has 2 heterocycles. The van der Waals surface area contributed by atoms with Crippen LogP contribution in [0.3, 0.4) is 0 Å². The first-order chi connectivity index (χ1) is 13.6. The molecule has 0 saturated carbocycles. The standard InChI is InChI=1S/C21H23N5OS/c1-25-11-13-26(14-12-25)17-9-7-16(8-10-17)23-20(27)19-18(24-21(22)28-19)15-5-3-2-4-6-15/h2-10H,11-14H2,1H3,(H2,22,24)(H,23,27). The summed E-state index contributed by atoms with van der Waals surface area (Å²) in [7, 11) is 2.14. The van der Waals surface area contributed by atoms with E-state index in [9.17, 15) is 4.79 Å². The number of carbonyl (C=O) groups is 1. The van der Waals surface area contributed by atoms with Gasteiger partial charge in [0.2, 0.25) is 0 Å². The summed E-state index contributed by atoms with van der Waals surface area (Å²) in [6, 6.07) is 17.6. The molecule has 1 aromatic heterocycles. The number of likely N-dealkylation sites (N-methyl/N-ethyl adjacent to an activating group) is 1. The maximum atomic E-state index is 12.8. The molecule has 0 radical (unpaired) electrons. The Morgan fingerprint density at radius 2 is 1.71 bits per heavy atom. The van der Waals surface area contributed by atoms with Crippen LogP contribution in [0, 0.1) is 0 Å². The first-order valence-electron chi connectivity index (χ1n) is 9.27. The number of benzene rings is 2. The number of nitrogens with one attached hydrogen (secondary N) is 1. The monoisotopic (exact) mass is 393 g/mol. The van der Waals surface area contributed by atoms with Gasteiger partial charge in [-0.25, -0.2) is 4.98 Å². The lowest BCUT2D eigenvalue weighted by atomic mass is 10.1. The van der Waals surface area contributed by atoms with Gasteiger partial charge in [-0.1, -0.05) is 41.7 Å². The number of nitrogen functional groups attached to an aromatic ring is 1. The molecule has 144 valence electrons. The Bertz CT molecular complexity index is 947. The van der Waals surface area contributed by atoms with E-state index in [-0.39, 0.29) is 5.91 Å². The number of hydrogen-bond donors (Lipinski definition) is 2. The van der Waals surface area contributed by atoms with E-state index in [4.69, 9.17) is 5.73 Å². The van der Waals surface area contributed by atoms with Crippen LogP contribution in [0.25, 0.3) is 11.3 Å². The minimum atomic E-state index is -0.194. The lowest BCUT2D eigenvalue weighted by Crippen LogP contribution is -2.44. The Morgan fingerprint density at radius 3 is 2.39 bits per heavy atom. The SMILES string of the molecule is CN1CCN(c2ccc(NC(=O)c3sc(N)nc3-c3ccccc3)cc2)CC1. The average molecular weight is 394 g/mol. The topological polar surface area (TPSA) is 74.5 Å². The number of anilines is 3. The predicted molar refractivity (Wildman–Crippen MR) is 116 cm³/mol. The predicted octanol–water partition coefficient (Wildman–Crippen LogP) is 3.40. The molecule has 0 atom stereocenters. The molecule has 4 rings (SSSR count). The molecular weight excluding hydrogens is 370 g/mol. The minimum absolute atomic E-state index is 0.194. The van der Waals surface area contributed by atoms with Crippen molar-refractivity contribution in [2.24, 2.45) is 0 Å². The highest BCUT2D eigenvalue weighted by atomic mass is 32.1. The molecule has 1 saturated heterocycles. The third-order valence-electron chi connectivity index (χ3n) is 4.89. The van der Waals surface area contributed by atoms with E-state index in [0.29, 0.717) is 15.7 Å². The number of amides is 1. The molecule has 28 heavy (non-hydrogen) atoms. The van der Waals surface area contributed by atoms with Gasteiger partial charge >= 0.3 is 0 Å². The van der Waals surface area contributed by atoms with Gasteiger partial charge in [-0.3, -0.25) is 4.79 Å². The Balaban J connectivity index is 1.49. The molecule has 3 N–H and O–H groups in total. The molecule has 0 unspecified atom stereocenters. The summed E-state index contributed by atoms with van der Waals surface area (Å²) in [5.41, 5.74) is 9.32. The highest BCUT2D eigenvalue weighted by Gasteiger charge is 2.19. The number of carbonyl (C=O) groups excluding carboxylic acids is 1. The fraction of sp³-hybridized carbons (Fsp3) is 0.238. The van der Waals surface area contributed by atoms with Crippen LogP contribution in [-0.4, -0.2) is 49.0 Å². The van der Waals surface area contributed by atoms with Gasteiger partial charge in [-0.05, 0) is 31.3 Å². The minimum Gasteiger partial charge on any atom is -0.375 e. The van der Waals surface area contributed by atoms with Gasteiger partial charge in [0.05, 0.1) is 5.69 Å².